The number of nitrogens with two attached hydrogens (primary N) is 1. The van der Waals surface area contributed by atoms with E-state index >= 15 is 0 Å². The van der Waals surface area contributed by atoms with Crippen LogP contribution in [0, 0.1) is 0 Å². The maximum atomic E-state index is 10.4. The van der Waals surface area contributed by atoms with Crippen molar-refractivity contribution in [3.8, 4) is 5.75 Å². The van der Waals surface area contributed by atoms with Crippen LogP contribution in [0.1, 0.15) is 45.1 Å². The van der Waals surface area contributed by atoms with Gasteiger partial charge in [-0.3, -0.25) is 4.79 Å². The molecular formula is C17H29NO4. The second-order valence-electron chi connectivity index (χ2n) is 5.13. The van der Waals surface area contributed by atoms with Gasteiger partial charge < -0.3 is 20.7 Å². The fourth-order valence-electron chi connectivity index (χ4n) is 1.57. The molecule has 126 valence electrons. The summed E-state index contributed by atoms with van der Waals surface area (Å²) in [5.74, 6) is -0.860. The van der Waals surface area contributed by atoms with Crippen LogP contribution in [0.15, 0.2) is 24.3 Å². The average molecular weight is 311 g/mol. The maximum absolute atomic E-state index is 10.4. The molecule has 0 aliphatic carbocycles. The number of aromatic hydroxyl groups is 1. The zero-order valence-corrected chi connectivity index (χ0v) is 13.6. The van der Waals surface area contributed by atoms with Gasteiger partial charge >= 0.3 is 5.97 Å². The molecule has 0 fully saturated rings. The summed E-state index contributed by atoms with van der Waals surface area (Å²) in [7, 11) is 0. The lowest BCUT2D eigenvalue weighted by molar-refractivity contribution is -0.138. The van der Waals surface area contributed by atoms with Crippen LogP contribution < -0.4 is 5.73 Å². The van der Waals surface area contributed by atoms with Crippen molar-refractivity contribution in [1.29, 1.82) is 0 Å². The van der Waals surface area contributed by atoms with Gasteiger partial charge in [0.2, 0.25) is 0 Å². The van der Waals surface area contributed by atoms with Crippen LogP contribution in [0.4, 0.5) is 0 Å². The van der Waals surface area contributed by atoms with Crippen LogP contribution in [0.25, 0.3) is 0 Å². The van der Waals surface area contributed by atoms with E-state index in [0.717, 1.165) is 18.8 Å². The van der Waals surface area contributed by atoms with E-state index in [1.54, 1.807) is 12.1 Å². The van der Waals surface area contributed by atoms with Gasteiger partial charge in [-0.2, -0.15) is 0 Å². The zero-order valence-electron chi connectivity index (χ0n) is 13.6. The lowest BCUT2D eigenvalue weighted by Gasteiger charge is -2.05. The number of aliphatic carboxylic acids is 1. The van der Waals surface area contributed by atoms with E-state index in [-0.39, 0.29) is 12.2 Å². The van der Waals surface area contributed by atoms with Crippen molar-refractivity contribution < 1.29 is 19.7 Å². The summed E-state index contributed by atoms with van der Waals surface area (Å²) >= 11 is 0. The summed E-state index contributed by atoms with van der Waals surface area (Å²) in [6.07, 6.45) is 5.18. The Kier molecular flexibility index (Phi) is 12.2. The van der Waals surface area contributed by atoms with Gasteiger partial charge in [-0.15, -0.1) is 0 Å². The van der Waals surface area contributed by atoms with Gasteiger partial charge in [0, 0.05) is 13.2 Å². The highest BCUT2D eigenvalue weighted by Crippen LogP contribution is 2.10. The molecular weight excluding hydrogens is 282 g/mol. The van der Waals surface area contributed by atoms with Gasteiger partial charge in [0.15, 0.2) is 0 Å². The first kappa shape index (κ1) is 20.4. The number of benzene rings is 1. The molecule has 0 radical (unpaired) electrons. The van der Waals surface area contributed by atoms with E-state index < -0.39 is 12.0 Å². The quantitative estimate of drug-likeness (QED) is 0.610. The molecule has 0 unspecified atom stereocenters. The molecule has 1 aromatic rings. The summed E-state index contributed by atoms with van der Waals surface area (Å²) in [5, 5.41) is 17.5. The third-order valence-electron chi connectivity index (χ3n) is 2.99. The maximum Gasteiger partial charge on any atom is 0.320 e. The molecule has 0 aliphatic rings. The number of carbonyl (C=O) groups is 1. The SMILES string of the molecule is CCCCOCCCC.N[C@@H](Cc1ccc(O)cc1)C(=O)O. The second-order valence-corrected chi connectivity index (χ2v) is 5.13. The third-order valence-corrected chi connectivity index (χ3v) is 2.99. The van der Waals surface area contributed by atoms with Crippen LogP contribution in [-0.4, -0.2) is 35.4 Å². The van der Waals surface area contributed by atoms with E-state index in [0.29, 0.717) is 0 Å². The summed E-state index contributed by atoms with van der Waals surface area (Å²) in [6, 6.07) is 5.42. The average Bonchev–Trinajstić information content (AvgIpc) is 2.50. The Morgan fingerprint density at radius 1 is 1.14 bits per heavy atom. The number of rotatable bonds is 9. The van der Waals surface area contributed by atoms with Crippen molar-refractivity contribution >= 4 is 5.97 Å². The van der Waals surface area contributed by atoms with Crippen LogP contribution in [0.2, 0.25) is 0 Å². The minimum atomic E-state index is -1.02. The zero-order chi connectivity index (χ0) is 16.8. The van der Waals surface area contributed by atoms with Crippen LogP contribution in [0.5, 0.6) is 5.75 Å². The van der Waals surface area contributed by atoms with E-state index in [1.807, 2.05) is 0 Å². The van der Waals surface area contributed by atoms with Gasteiger partial charge in [0.1, 0.15) is 11.8 Å². The summed E-state index contributed by atoms with van der Waals surface area (Å²) in [5.41, 5.74) is 6.12. The van der Waals surface area contributed by atoms with E-state index in [4.69, 9.17) is 20.7 Å². The molecule has 0 amide bonds. The Morgan fingerprint density at radius 2 is 1.64 bits per heavy atom. The van der Waals surface area contributed by atoms with Crippen molar-refractivity contribution in [3.05, 3.63) is 29.8 Å². The predicted molar refractivity (Wildman–Crippen MR) is 88.1 cm³/mol. The number of carboxylic acids is 1. The Morgan fingerprint density at radius 3 is 2.05 bits per heavy atom. The highest BCUT2D eigenvalue weighted by atomic mass is 16.5. The molecule has 0 bridgehead atoms. The van der Waals surface area contributed by atoms with Gasteiger partial charge in [-0.1, -0.05) is 38.8 Å². The fraction of sp³-hybridized carbons (Fsp3) is 0.588. The molecule has 0 saturated heterocycles. The Bertz CT molecular complexity index is 386. The fourth-order valence-corrected chi connectivity index (χ4v) is 1.57. The molecule has 5 nitrogen and oxygen atoms in total. The van der Waals surface area contributed by atoms with Crippen LogP contribution in [0.3, 0.4) is 0 Å². The predicted octanol–water partition coefficient (Wildman–Crippen LogP) is 2.95. The third kappa shape index (κ3) is 11.1. The number of phenolic OH excluding ortho intramolecular Hbond substituents is 1. The standard InChI is InChI=1S/C9H11NO3.C8H18O/c10-8(9(12)13)5-6-1-3-7(11)4-2-6;1-3-5-7-9-8-6-4-2/h1-4,8,11H,5,10H2,(H,12,13);3-8H2,1-2H3/t8-;/m0./s1. The number of carboxylic acid groups (broad SMARTS) is 1. The van der Waals surface area contributed by atoms with Crippen molar-refractivity contribution in [2.75, 3.05) is 13.2 Å². The lowest BCUT2D eigenvalue weighted by atomic mass is 10.1. The molecule has 0 heterocycles. The van der Waals surface area contributed by atoms with Gasteiger partial charge in [0.25, 0.3) is 0 Å². The van der Waals surface area contributed by atoms with Gasteiger partial charge in [-0.25, -0.2) is 0 Å². The number of hydrogen-bond acceptors (Lipinski definition) is 4. The van der Waals surface area contributed by atoms with Gasteiger partial charge in [-0.05, 0) is 37.0 Å². The molecule has 4 N–H and O–H groups in total. The molecule has 22 heavy (non-hydrogen) atoms. The number of unbranched alkanes of at least 4 members (excludes halogenated alkanes) is 2. The van der Waals surface area contributed by atoms with Crippen molar-refractivity contribution in [1.82, 2.24) is 0 Å². The smallest absolute Gasteiger partial charge is 0.320 e. The van der Waals surface area contributed by atoms with E-state index in [9.17, 15) is 4.79 Å². The molecule has 1 atom stereocenters. The molecule has 5 heteroatoms. The monoisotopic (exact) mass is 311 g/mol. The van der Waals surface area contributed by atoms with Crippen molar-refractivity contribution in [2.45, 2.75) is 52.0 Å². The normalized spacial score (nSPS) is 11.4. The minimum Gasteiger partial charge on any atom is -0.508 e. The topological polar surface area (TPSA) is 92.8 Å². The first-order valence-corrected chi connectivity index (χ1v) is 7.85. The van der Waals surface area contributed by atoms with Crippen LogP contribution >= 0.6 is 0 Å². The Balaban J connectivity index is 0.000000433. The molecule has 0 spiro atoms. The Labute approximate surface area is 133 Å². The largest absolute Gasteiger partial charge is 0.508 e. The molecule has 1 rings (SSSR count). The van der Waals surface area contributed by atoms with E-state index in [1.165, 1.54) is 37.8 Å². The highest BCUT2D eigenvalue weighted by molar-refractivity contribution is 5.73. The number of phenols is 1. The molecule has 1 aromatic carbocycles. The first-order chi connectivity index (χ1) is 10.5. The summed E-state index contributed by atoms with van der Waals surface area (Å²) in [6.45, 7) is 6.28. The minimum absolute atomic E-state index is 0.160. The van der Waals surface area contributed by atoms with Crippen LogP contribution in [-0.2, 0) is 16.0 Å². The second kappa shape index (κ2) is 13.1. The number of ether oxygens (including phenoxy) is 1. The van der Waals surface area contributed by atoms with Crippen molar-refractivity contribution in [2.24, 2.45) is 5.73 Å². The van der Waals surface area contributed by atoms with E-state index in [2.05, 4.69) is 13.8 Å². The Hall–Kier alpha value is -1.59. The highest BCUT2D eigenvalue weighted by Gasteiger charge is 2.11. The molecule has 0 aliphatic heterocycles. The molecule has 0 saturated carbocycles. The van der Waals surface area contributed by atoms with Gasteiger partial charge in [0.05, 0.1) is 0 Å². The van der Waals surface area contributed by atoms with Crippen molar-refractivity contribution in [3.63, 3.8) is 0 Å². The summed E-state index contributed by atoms with van der Waals surface area (Å²) in [4.78, 5) is 10.4. The molecule has 0 aromatic heterocycles. The first-order valence-electron chi connectivity index (χ1n) is 7.85. The number of hydrogen-bond donors (Lipinski definition) is 3. The lowest BCUT2D eigenvalue weighted by Crippen LogP contribution is -2.32. The summed E-state index contributed by atoms with van der Waals surface area (Å²) < 4.78 is 5.31.